The molecule has 0 spiro atoms. The minimum absolute atomic E-state index is 0.0666. The second-order valence-electron chi connectivity index (χ2n) is 13.8. The maximum absolute atomic E-state index is 13.5. The minimum atomic E-state index is -0.492. The quantitative estimate of drug-likeness (QED) is 0.202. The Balaban J connectivity index is 1.57. The monoisotopic (exact) mass is 627 g/mol. The molecule has 0 aromatic rings. The number of hydrogen-bond donors (Lipinski definition) is 4. The van der Waals surface area contributed by atoms with E-state index in [4.69, 9.17) is 9.47 Å². The fourth-order valence-electron chi connectivity index (χ4n) is 8.02. The molecule has 0 amide bonds. The second kappa shape index (κ2) is 18.2. The summed E-state index contributed by atoms with van der Waals surface area (Å²) in [5.41, 5.74) is 2.57. The number of piperidine rings is 1. The number of hydrogen-bond acceptors (Lipinski definition) is 8. The molecular weight excluding hydrogens is 570 g/mol. The molecule has 3 heterocycles. The number of methoxy groups -OCH3 is 1. The van der Waals surface area contributed by atoms with Crippen LogP contribution >= 0.6 is 0 Å². The molecule has 5 unspecified atom stereocenters. The van der Waals surface area contributed by atoms with Gasteiger partial charge in [-0.15, -0.1) is 4.99 Å². The molecule has 5 N–H and O–H groups in total. The Morgan fingerprint density at radius 3 is 2.73 bits per heavy atom. The van der Waals surface area contributed by atoms with Crippen LogP contribution in [0.1, 0.15) is 97.3 Å². The molecule has 3 aliphatic heterocycles. The van der Waals surface area contributed by atoms with Gasteiger partial charge in [0.1, 0.15) is 30.2 Å². The minimum Gasteiger partial charge on any atom is -0.462 e. The van der Waals surface area contributed by atoms with Gasteiger partial charge in [-0.1, -0.05) is 25.2 Å². The van der Waals surface area contributed by atoms with Crippen LogP contribution in [0.15, 0.2) is 16.1 Å². The number of ether oxygens (including phenoxy) is 2. The lowest BCUT2D eigenvalue weighted by molar-refractivity contribution is -0.705. The van der Waals surface area contributed by atoms with Crippen molar-refractivity contribution >= 4 is 18.0 Å². The molecule has 1 saturated carbocycles. The van der Waals surface area contributed by atoms with Crippen LogP contribution in [0.4, 0.5) is 0 Å². The van der Waals surface area contributed by atoms with Crippen LogP contribution in [0, 0.1) is 48.0 Å². The Morgan fingerprint density at radius 1 is 1.13 bits per heavy atom. The molecule has 4 aliphatic rings. The molecule has 4 rings (SSSR count). The third kappa shape index (κ3) is 10.9. The first kappa shape index (κ1) is 35.6. The van der Waals surface area contributed by atoms with Crippen molar-refractivity contribution in [3.63, 3.8) is 0 Å². The van der Waals surface area contributed by atoms with Gasteiger partial charge < -0.3 is 25.0 Å². The Morgan fingerprint density at radius 2 is 1.98 bits per heavy atom. The second-order valence-corrected chi connectivity index (χ2v) is 13.8. The number of aliphatic hydroxyl groups is 2. The predicted octanol–water partition coefficient (Wildman–Crippen LogP) is 3.09. The van der Waals surface area contributed by atoms with E-state index >= 15 is 0 Å². The van der Waals surface area contributed by atoms with E-state index in [2.05, 4.69) is 34.4 Å². The van der Waals surface area contributed by atoms with E-state index in [0.29, 0.717) is 50.0 Å². The molecule has 45 heavy (non-hydrogen) atoms. The van der Waals surface area contributed by atoms with Crippen LogP contribution in [0.2, 0.25) is 0 Å². The van der Waals surface area contributed by atoms with E-state index in [1.165, 1.54) is 18.1 Å². The highest BCUT2D eigenvalue weighted by Gasteiger charge is 2.36. The number of ketones is 1. The zero-order chi connectivity index (χ0) is 32.2. The maximum atomic E-state index is 13.5. The first-order valence-corrected chi connectivity index (χ1v) is 17.4. The van der Waals surface area contributed by atoms with Gasteiger partial charge in [-0.2, -0.15) is 0 Å². The Bertz CT molecular complexity index is 1100. The molecule has 9 atom stereocenters. The summed E-state index contributed by atoms with van der Waals surface area (Å²) in [6.45, 7) is 7.40. The van der Waals surface area contributed by atoms with Gasteiger partial charge in [0, 0.05) is 58.7 Å². The standard InChI is InChI=1S/C36H56N3O6/c1-4-25-7-9-33(45-24(2)41)21-32(42)18-26(27-8-10-34(43)35(19-27)44-3)6-5-13-38-36-20-28(11-14-39-36)29(12-15-40)17-31-23-37-22-30(31)16-25/h22-23,25-29,33-36,38-40,43H,4,7-21H2,1-3H3/q+1/p+1/t25-,26-,27?,28?,29+,33+,34?,35?,36?/m0/s1. The van der Waals surface area contributed by atoms with Crippen LogP contribution in [-0.2, 0) is 19.1 Å². The first-order valence-electron chi connectivity index (χ1n) is 17.4. The van der Waals surface area contributed by atoms with E-state index in [9.17, 15) is 19.8 Å². The third-order valence-electron chi connectivity index (χ3n) is 10.7. The number of nitrogens with one attached hydrogen (secondary N) is 1. The summed E-state index contributed by atoms with van der Waals surface area (Å²) in [6, 6.07) is 0. The third-order valence-corrected chi connectivity index (χ3v) is 10.7. The van der Waals surface area contributed by atoms with Crippen molar-refractivity contribution in [2.24, 2.45) is 34.6 Å². The molecule has 1 saturated heterocycles. The van der Waals surface area contributed by atoms with Crippen LogP contribution in [-0.4, -0.2) is 79.5 Å². The normalized spacial score (nSPS) is 35.5. The van der Waals surface area contributed by atoms with Gasteiger partial charge in [0.15, 0.2) is 6.21 Å². The van der Waals surface area contributed by atoms with Gasteiger partial charge >= 0.3 is 5.97 Å². The number of nitrogens with zero attached hydrogens (tertiary/aromatic N) is 1. The van der Waals surface area contributed by atoms with Gasteiger partial charge in [-0.25, -0.2) is 0 Å². The molecule has 1 aliphatic carbocycles. The Labute approximate surface area is 270 Å². The van der Waals surface area contributed by atoms with Crippen molar-refractivity contribution in [3.05, 3.63) is 17.7 Å². The van der Waals surface area contributed by atoms with Crippen molar-refractivity contribution in [1.29, 1.82) is 0 Å². The lowest BCUT2D eigenvalue weighted by Crippen LogP contribution is -2.95. The van der Waals surface area contributed by atoms with Crippen molar-refractivity contribution in [2.75, 3.05) is 26.8 Å². The van der Waals surface area contributed by atoms with E-state index in [0.717, 1.165) is 57.9 Å². The number of aliphatic hydroxyl groups excluding tert-OH is 2. The van der Waals surface area contributed by atoms with Crippen LogP contribution in [0.5, 0.6) is 0 Å². The number of fused-ring (bicyclic) bond motifs is 2. The highest BCUT2D eigenvalue weighted by Crippen LogP contribution is 2.36. The van der Waals surface area contributed by atoms with Gasteiger partial charge in [0.2, 0.25) is 0 Å². The largest absolute Gasteiger partial charge is 0.462 e. The zero-order valence-corrected chi connectivity index (χ0v) is 27.7. The molecule has 250 valence electrons. The van der Waals surface area contributed by atoms with E-state index in [1.54, 1.807) is 7.11 Å². The number of nitrogens with two attached hydrogens (primary N) is 1. The number of Topliss-reactive ketones (excluding diaryl/α,β-unsaturated/α-hetero) is 1. The zero-order valence-electron chi connectivity index (χ0n) is 27.7. The SMILES string of the molecule is CC[C@H]1CC[C@@H](OC(C)=O)CC(=O)C[C@@H](C2CCC(O)C(OC)C2)C#CCNC2CC(CC[NH2+]2)[C@H](CCO)CC2=C(C=N[CH+]2)C1. The first-order chi connectivity index (χ1) is 21.8. The fraction of sp³-hybridized carbons (Fsp3) is 0.778. The summed E-state index contributed by atoms with van der Waals surface area (Å²) in [5.74, 6) is 7.82. The van der Waals surface area contributed by atoms with Gasteiger partial charge in [-0.05, 0) is 68.6 Å². The van der Waals surface area contributed by atoms with Crippen molar-refractivity contribution in [2.45, 2.75) is 122 Å². The van der Waals surface area contributed by atoms with Crippen LogP contribution in [0.3, 0.4) is 0 Å². The summed E-state index contributed by atoms with van der Waals surface area (Å²) >= 11 is 0. The Kier molecular flexibility index (Phi) is 14.4. The molecule has 0 aromatic heterocycles. The predicted molar refractivity (Wildman–Crippen MR) is 174 cm³/mol. The van der Waals surface area contributed by atoms with E-state index in [1.807, 2.05) is 12.8 Å². The summed E-state index contributed by atoms with van der Waals surface area (Å²) in [4.78, 5) is 30.1. The summed E-state index contributed by atoms with van der Waals surface area (Å²) in [7, 11) is 1.63. The number of esters is 1. The molecule has 2 fully saturated rings. The van der Waals surface area contributed by atoms with Gasteiger partial charge in [0.05, 0.1) is 30.9 Å². The number of rotatable bonds is 6. The maximum Gasteiger partial charge on any atom is 0.302 e. The summed E-state index contributed by atoms with van der Waals surface area (Å²) in [5, 5.41) is 26.4. The van der Waals surface area contributed by atoms with Crippen LogP contribution < -0.4 is 10.6 Å². The molecule has 0 aromatic carbocycles. The molecular formula is C36H57N3O6+2. The Hall–Kier alpha value is -2.22. The van der Waals surface area contributed by atoms with Gasteiger partial charge in [-0.3, -0.25) is 14.9 Å². The number of allylic oxidation sites excluding steroid dienone is 1. The highest BCUT2D eigenvalue weighted by atomic mass is 16.5. The summed E-state index contributed by atoms with van der Waals surface area (Å²) < 4.78 is 11.3. The summed E-state index contributed by atoms with van der Waals surface area (Å²) in [6.07, 6.45) is 11.0. The molecule has 2 bridgehead atoms. The number of quaternary nitrogens is 1. The van der Waals surface area contributed by atoms with Crippen molar-refractivity contribution < 1.29 is 34.6 Å². The number of carbonyl (C=O) groups excluding carboxylic acids is 2. The van der Waals surface area contributed by atoms with Gasteiger partial charge in [0.25, 0.3) is 0 Å². The topological polar surface area (TPSA) is 134 Å². The fourth-order valence-corrected chi connectivity index (χ4v) is 8.02. The van der Waals surface area contributed by atoms with Crippen LogP contribution in [0.25, 0.3) is 0 Å². The molecule has 0 radical (unpaired) electrons. The van der Waals surface area contributed by atoms with E-state index < -0.39 is 12.2 Å². The van der Waals surface area contributed by atoms with Crippen molar-refractivity contribution in [3.8, 4) is 11.8 Å². The highest BCUT2D eigenvalue weighted by molar-refractivity contribution is 5.84. The number of carbonyl (C=O) groups is 2. The smallest absolute Gasteiger partial charge is 0.302 e. The van der Waals surface area contributed by atoms with Crippen molar-refractivity contribution in [1.82, 2.24) is 5.32 Å². The molecule has 9 heteroatoms. The van der Waals surface area contributed by atoms with E-state index in [-0.39, 0.29) is 48.9 Å². The molecule has 9 nitrogen and oxygen atoms in total. The number of aliphatic imine (C=N–C) groups is 1. The average Bonchev–Trinajstić information content (AvgIpc) is 3.46. The lowest BCUT2D eigenvalue weighted by atomic mass is 9.75. The lowest BCUT2D eigenvalue weighted by Gasteiger charge is -2.35. The average molecular weight is 628 g/mol.